The summed E-state index contributed by atoms with van der Waals surface area (Å²) in [4.78, 5) is 0. The summed E-state index contributed by atoms with van der Waals surface area (Å²) >= 11 is 0. The highest BCUT2D eigenvalue weighted by atomic mass is 19.1. The number of hydrogen-bond donors (Lipinski definition) is 1. The first-order valence-corrected chi connectivity index (χ1v) is 8.16. The molecule has 1 aromatic carbocycles. The van der Waals surface area contributed by atoms with Crippen molar-refractivity contribution in [2.24, 2.45) is 0 Å². The number of benzene rings is 1. The zero-order chi connectivity index (χ0) is 16.5. The Morgan fingerprint density at radius 1 is 1.25 bits per heavy atom. The van der Waals surface area contributed by atoms with E-state index in [0.717, 1.165) is 36.8 Å². The predicted molar refractivity (Wildman–Crippen MR) is 87.8 cm³/mol. The van der Waals surface area contributed by atoms with Crippen LogP contribution in [-0.4, -0.2) is 20.8 Å². The molecule has 0 saturated carbocycles. The Kier molecular flexibility index (Phi) is 3.90. The third kappa shape index (κ3) is 2.85. The molecule has 0 bridgehead atoms. The number of aryl methyl sites for hydroxylation is 2. The van der Waals surface area contributed by atoms with Gasteiger partial charge in [0.1, 0.15) is 29.0 Å². The average molecular weight is 326 g/mol. The van der Waals surface area contributed by atoms with Crippen LogP contribution < -0.4 is 5.32 Å². The van der Waals surface area contributed by atoms with Crippen molar-refractivity contribution in [3.63, 3.8) is 0 Å². The third-order valence-electron chi connectivity index (χ3n) is 4.50. The van der Waals surface area contributed by atoms with E-state index in [9.17, 15) is 4.39 Å². The van der Waals surface area contributed by atoms with Crippen LogP contribution in [-0.2, 0) is 19.5 Å². The first-order chi connectivity index (χ1) is 11.7. The molecular formula is C18H19FN4O. The van der Waals surface area contributed by atoms with E-state index in [4.69, 9.17) is 4.42 Å². The van der Waals surface area contributed by atoms with Gasteiger partial charge in [-0.05, 0) is 37.6 Å². The van der Waals surface area contributed by atoms with Crippen LogP contribution >= 0.6 is 0 Å². The van der Waals surface area contributed by atoms with Crippen molar-refractivity contribution in [3.05, 3.63) is 59.6 Å². The molecule has 1 N–H and O–H groups in total. The fourth-order valence-electron chi connectivity index (χ4n) is 3.15. The monoisotopic (exact) mass is 326 g/mol. The summed E-state index contributed by atoms with van der Waals surface area (Å²) in [5, 5.41) is 11.8. The molecule has 2 aromatic heterocycles. The lowest BCUT2D eigenvalue weighted by atomic mass is 10.1. The number of rotatable bonds is 4. The molecule has 5 nitrogen and oxygen atoms in total. The second-order valence-corrected chi connectivity index (χ2v) is 6.14. The van der Waals surface area contributed by atoms with E-state index in [-0.39, 0.29) is 5.82 Å². The van der Waals surface area contributed by atoms with Gasteiger partial charge in [0, 0.05) is 19.0 Å². The molecular weight excluding hydrogens is 307 g/mol. The van der Waals surface area contributed by atoms with E-state index in [1.165, 1.54) is 6.07 Å². The second-order valence-electron chi connectivity index (χ2n) is 6.14. The highest BCUT2D eigenvalue weighted by molar-refractivity contribution is 5.58. The topological polar surface area (TPSA) is 55.9 Å². The van der Waals surface area contributed by atoms with Crippen LogP contribution in [0.25, 0.3) is 11.3 Å². The highest BCUT2D eigenvalue weighted by Gasteiger charge is 2.21. The van der Waals surface area contributed by atoms with Crippen LogP contribution in [0.15, 0.2) is 40.8 Å². The summed E-state index contributed by atoms with van der Waals surface area (Å²) in [6, 6.07) is 10.7. The van der Waals surface area contributed by atoms with Crippen LogP contribution in [0, 0.1) is 12.7 Å². The third-order valence-corrected chi connectivity index (χ3v) is 4.50. The molecule has 3 aromatic rings. The molecule has 0 aliphatic carbocycles. The van der Waals surface area contributed by atoms with Crippen molar-refractivity contribution in [2.75, 3.05) is 0 Å². The Labute approximate surface area is 139 Å². The summed E-state index contributed by atoms with van der Waals surface area (Å²) in [7, 11) is 0. The van der Waals surface area contributed by atoms with Crippen molar-refractivity contribution in [1.82, 2.24) is 20.1 Å². The lowest BCUT2D eigenvalue weighted by molar-refractivity contribution is 0.360. The van der Waals surface area contributed by atoms with Gasteiger partial charge in [0.05, 0.1) is 12.1 Å². The van der Waals surface area contributed by atoms with E-state index in [2.05, 4.69) is 20.1 Å². The number of furan rings is 1. The fourth-order valence-corrected chi connectivity index (χ4v) is 3.15. The molecule has 24 heavy (non-hydrogen) atoms. The molecule has 4 rings (SSSR count). The van der Waals surface area contributed by atoms with Crippen molar-refractivity contribution in [3.8, 4) is 11.3 Å². The minimum Gasteiger partial charge on any atom is -0.460 e. The number of hydrogen-bond acceptors (Lipinski definition) is 4. The van der Waals surface area contributed by atoms with E-state index in [1.807, 2.05) is 19.1 Å². The molecule has 1 aliphatic rings. The molecule has 0 amide bonds. The minimum atomic E-state index is -0.269. The summed E-state index contributed by atoms with van der Waals surface area (Å²) in [5.74, 6) is 3.11. The normalized spacial score (nSPS) is 17.0. The van der Waals surface area contributed by atoms with Gasteiger partial charge in [-0.25, -0.2) is 4.39 Å². The first kappa shape index (κ1) is 15.1. The van der Waals surface area contributed by atoms with Gasteiger partial charge >= 0.3 is 0 Å². The summed E-state index contributed by atoms with van der Waals surface area (Å²) in [5.41, 5.74) is 0.492. The summed E-state index contributed by atoms with van der Waals surface area (Å²) in [6.45, 7) is 3.47. The largest absolute Gasteiger partial charge is 0.460 e. The lowest BCUT2D eigenvalue weighted by Gasteiger charge is -2.24. The van der Waals surface area contributed by atoms with Crippen molar-refractivity contribution in [1.29, 1.82) is 0 Å². The predicted octanol–water partition coefficient (Wildman–Crippen LogP) is 3.09. The molecule has 0 radical (unpaired) electrons. The van der Waals surface area contributed by atoms with Crippen LogP contribution in [0.3, 0.4) is 0 Å². The van der Waals surface area contributed by atoms with Gasteiger partial charge in [-0.3, -0.25) is 0 Å². The average Bonchev–Trinajstić information content (AvgIpc) is 3.21. The lowest BCUT2D eigenvalue weighted by Crippen LogP contribution is -2.37. The maximum absolute atomic E-state index is 13.8. The van der Waals surface area contributed by atoms with Crippen LogP contribution in [0.2, 0.25) is 0 Å². The standard InChI is InChI=1S/C18H19FN4O/c1-12-21-22-18-9-6-13(11-23(12)18)20-10-14-7-8-17(24-14)15-4-2-3-5-16(15)19/h2-5,7-8,13,20H,6,9-11H2,1H3/t13-/m0/s1. The Morgan fingerprint density at radius 3 is 3.00 bits per heavy atom. The number of halogens is 1. The van der Waals surface area contributed by atoms with Crippen molar-refractivity contribution < 1.29 is 8.81 Å². The number of nitrogens with one attached hydrogen (secondary N) is 1. The maximum Gasteiger partial charge on any atom is 0.137 e. The minimum absolute atomic E-state index is 0.269. The second kappa shape index (κ2) is 6.20. The van der Waals surface area contributed by atoms with Gasteiger partial charge in [0.2, 0.25) is 0 Å². The van der Waals surface area contributed by atoms with Gasteiger partial charge in [-0.2, -0.15) is 0 Å². The van der Waals surface area contributed by atoms with Crippen LogP contribution in [0.5, 0.6) is 0 Å². The molecule has 6 heteroatoms. The fraction of sp³-hybridized carbons (Fsp3) is 0.333. The van der Waals surface area contributed by atoms with Gasteiger partial charge in [0.25, 0.3) is 0 Å². The Morgan fingerprint density at radius 2 is 2.12 bits per heavy atom. The van der Waals surface area contributed by atoms with E-state index in [0.29, 0.717) is 23.9 Å². The molecule has 0 spiro atoms. The van der Waals surface area contributed by atoms with Gasteiger partial charge in [-0.15, -0.1) is 10.2 Å². The molecule has 1 atom stereocenters. The molecule has 1 aliphatic heterocycles. The Bertz CT molecular complexity index is 854. The Balaban J connectivity index is 1.41. The summed E-state index contributed by atoms with van der Waals surface area (Å²) in [6.07, 6.45) is 1.95. The van der Waals surface area contributed by atoms with E-state index < -0.39 is 0 Å². The maximum atomic E-state index is 13.8. The van der Waals surface area contributed by atoms with Gasteiger partial charge < -0.3 is 14.3 Å². The van der Waals surface area contributed by atoms with Crippen molar-refractivity contribution >= 4 is 0 Å². The van der Waals surface area contributed by atoms with E-state index >= 15 is 0 Å². The number of nitrogens with zero attached hydrogens (tertiary/aromatic N) is 3. The molecule has 0 saturated heterocycles. The number of fused-ring (bicyclic) bond motifs is 1. The molecule has 3 heterocycles. The van der Waals surface area contributed by atoms with Crippen LogP contribution in [0.1, 0.15) is 23.8 Å². The Hall–Kier alpha value is -2.47. The SMILES string of the molecule is Cc1nnc2n1C[C@@H](NCc1ccc(-c3ccccc3F)o1)CC2. The highest BCUT2D eigenvalue weighted by Crippen LogP contribution is 2.25. The first-order valence-electron chi connectivity index (χ1n) is 8.16. The number of aromatic nitrogens is 3. The van der Waals surface area contributed by atoms with Gasteiger partial charge in [0.15, 0.2) is 0 Å². The smallest absolute Gasteiger partial charge is 0.137 e. The van der Waals surface area contributed by atoms with E-state index in [1.54, 1.807) is 18.2 Å². The van der Waals surface area contributed by atoms with Gasteiger partial charge in [-0.1, -0.05) is 12.1 Å². The zero-order valence-electron chi connectivity index (χ0n) is 13.5. The molecule has 124 valence electrons. The molecule has 0 unspecified atom stereocenters. The zero-order valence-corrected chi connectivity index (χ0v) is 13.5. The van der Waals surface area contributed by atoms with Crippen LogP contribution in [0.4, 0.5) is 4.39 Å². The molecule has 0 fully saturated rings. The quantitative estimate of drug-likeness (QED) is 0.800. The van der Waals surface area contributed by atoms with Crippen molar-refractivity contribution in [2.45, 2.75) is 38.9 Å². The summed E-state index contributed by atoms with van der Waals surface area (Å²) < 4.78 is 21.8.